The second kappa shape index (κ2) is 6.93. The SMILES string of the molecule is Cc1ccccc1OCCCNc1nc(C(C)C)no1. The summed E-state index contributed by atoms with van der Waals surface area (Å²) in [6.07, 6.45) is 0.869. The largest absolute Gasteiger partial charge is 0.493 e. The lowest BCUT2D eigenvalue weighted by Crippen LogP contribution is -2.08. The van der Waals surface area contributed by atoms with Crippen molar-refractivity contribution >= 4 is 6.01 Å². The number of ether oxygens (including phenoxy) is 1. The number of nitrogens with one attached hydrogen (secondary N) is 1. The summed E-state index contributed by atoms with van der Waals surface area (Å²) in [5.41, 5.74) is 1.15. The first-order valence-corrected chi connectivity index (χ1v) is 6.92. The third kappa shape index (κ3) is 3.98. The third-order valence-electron chi connectivity index (χ3n) is 2.91. The first kappa shape index (κ1) is 14.4. The van der Waals surface area contributed by atoms with Crippen LogP contribution in [0.2, 0.25) is 0 Å². The number of anilines is 1. The highest BCUT2D eigenvalue weighted by Crippen LogP contribution is 2.16. The number of para-hydroxylation sites is 1. The fraction of sp³-hybridized carbons (Fsp3) is 0.467. The zero-order valence-corrected chi connectivity index (χ0v) is 12.2. The maximum absolute atomic E-state index is 5.71. The summed E-state index contributed by atoms with van der Waals surface area (Å²) in [6.45, 7) is 7.50. The van der Waals surface area contributed by atoms with Gasteiger partial charge in [-0.3, -0.25) is 0 Å². The summed E-state index contributed by atoms with van der Waals surface area (Å²) >= 11 is 0. The van der Waals surface area contributed by atoms with Gasteiger partial charge in [0.05, 0.1) is 6.61 Å². The minimum atomic E-state index is 0.277. The van der Waals surface area contributed by atoms with E-state index in [0.29, 0.717) is 12.6 Å². The van der Waals surface area contributed by atoms with E-state index in [9.17, 15) is 0 Å². The van der Waals surface area contributed by atoms with Crippen molar-refractivity contribution in [2.45, 2.75) is 33.1 Å². The summed E-state index contributed by atoms with van der Waals surface area (Å²) < 4.78 is 10.8. The maximum atomic E-state index is 5.71. The van der Waals surface area contributed by atoms with Crippen LogP contribution in [-0.4, -0.2) is 23.3 Å². The molecule has 1 aromatic heterocycles. The minimum Gasteiger partial charge on any atom is -0.493 e. The summed E-state index contributed by atoms with van der Waals surface area (Å²) in [5.74, 6) is 1.94. The molecule has 0 aliphatic rings. The topological polar surface area (TPSA) is 60.2 Å². The van der Waals surface area contributed by atoms with E-state index in [1.54, 1.807) is 0 Å². The van der Waals surface area contributed by atoms with Crippen molar-refractivity contribution in [2.75, 3.05) is 18.5 Å². The van der Waals surface area contributed by atoms with Crippen LogP contribution in [-0.2, 0) is 0 Å². The molecule has 0 aliphatic carbocycles. The van der Waals surface area contributed by atoms with Crippen LogP contribution in [0.25, 0.3) is 0 Å². The molecule has 5 heteroatoms. The molecule has 20 heavy (non-hydrogen) atoms. The zero-order chi connectivity index (χ0) is 14.4. The van der Waals surface area contributed by atoms with Crippen molar-refractivity contribution in [3.05, 3.63) is 35.7 Å². The summed E-state index contributed by atoms with van der Waals surface area (Å²) in [6, 6.07) is 8.48. The molecule has 0 amide bonds. The van der Waals surface area contributed by atoms with Crippen LogP contribution in [0.3, 0.4) is 0 Å². The fourth-order valence-electron chi connectivity index (χ4n) is 1.71. The molecule has 0 fully saturated rings. The van der Waals surface area contributed by atoms with E-state index >= 15 is 0 Å². The molecule has 108 valence electrons. The molecule has 0 saturated heterocycles. The van der Waals surface area contributed by atoms with Gasteiger partial charge in [-0.2, -0.15) is 4.98 Å². The summed E-state index contributed by atoms with van der Waals surface area (Å²) in [7, 11) is 0. The van der Waals surface area contributed by atoms with E-state index in [1.807, 2.05) is 45.0 Å². The monoisotopic (exact) mass is 275 g/mol. The molecule has 1 N–H and O–H groups in total. The molecular formula is C15H21N3O2. The molecule has 0 atom stereocenters. The van der Waals surface area contributed by atoms with Gasteiger partial charge in [-0.05, 0) is 25.0 Å². The molecule has 0 saturated carbocycles. The van der Waals surface area contributed by atoms with E-state index in [0.717, 1.165) is 30.1 Å². The second-order valence-corrected chi connectivity index (χ2v) is 5.01. The van der Waals surface area contributed by atoms with Gasteiger partial charge in [0.25, 0.3) is 0 Å². The first-order valence-electron chi connectivity index (χ1n) is 6.92. The van der Waals surface area contributed by atoms with Gasteiger partial charge in [0.15, 0.2) is 5.82 Å². The molecular weight excluding hydrogens is 254 g/mol. The first-order chi connectivity index (χ1) is 9.66. The Labute approximate surface area is 119 Å². The molecule has 2 rings (SSSR count). The van der Waals surface area contributed by atoms with Crippen LogP contribution in [0.5, 0.6) is 5.75 Å². The van der Waals surface area contributed by atoms with E-state index in [1.165, 1.54) is 0 Å². The molecule has 0 unspecified atom stereocenters. The van der Waals surface area contributed by atoms with Gasteiger partial charge in [-0.1, -0.05) is 37.2 Å². The Hall–Kier alpha value is -2.04. The van der Waals surface area contributed by atoms with Gasteiger partial charge in [-0.25, -0.2) is 0 Å². The number of aromatic nitrogens is 2. The third-order valence-corrected chi connectivity index (χ3v) is 2.91. The Morgan fingerprint density at radius 2 is 2.10 bits per heavy atom. The fourth-order valence-corrected chi connectivity index (χ4v) is 1.71. The quantitative estimate of drug-likeness (QED) is 0.785. The summed E-state index contributed by atoms with van der Waals surface area (Å²) in [5, 5.41) is 6.99. The molecule has 1 aromatic carbocycles. The Bertz CT molecular complexity index is 537. The van der Waals surface area contributed by atoms with Gasteiger partial charge in [0.1, 0.15) is 5.75 Å². The van der Waals surface area contributed by atoms with Crippen LogP contribution in [0.1, 0.15) is 37.6 Å². The summed E-state index contributed by atoms with van der Waals surface area (Å²) in [4.78, 5) is 4.25. The van der Waals surface area contributed by atoms with Gasteiger partial charge >= 0.3 is 6.01 Å². The van der Waals surface area contributed by atoms with Crippen LogP contribution in [0.4, 0.5) is 6.01 Å². The highest BCUT2D eigenvalue weighted by atomic mass is 16.5. The van der Waals surface area contributed by atoms with Crippen molar-refractivity contribution in [1.82, 2.24) is 10.1 Å². The molecule has 5 nitrogen and oxygen atoms in total. The lowest BCUT2D eigenvalue weighted by Gasteiger charge is -2.08. The van der Waals surface area contributed by atoms with Crippen molar-refractivity contribution in [1.29, 1.82) is 0 Å². The standard InChI is InChI=1S/C15H21N3O2/c1-11(2)14-17-15(20-18-14)16-9-6-10-19-13-8-5-4-7-12(13)3/h4-5,7-8,11H,6,9-10H2,1-3H3,(H,16,17,18). The van der Waals surface area contributed by atoms with Crippen LogP contribution >= 0.6 is 0 Å². The molecule has 0 bridgehead atoms. The van der Waals surface area contributed by atoms with E-state index in [2.05, 4.69) is 15.5 Å². The molecule has 2 aromatic rings. The van der Waals surface area contributed by atoms with Crippen molar-refractivity contribution in [2.24, 2.45) is 0 Å². The maximum Gasteiger partial charge on any atom is 0.321 e. The number of benzene rings is 1. The van der Waals surface area contributed by atoms with Crippen molar-refractivity contribution in [3.63, 3.8) is 0 Å². The molecule has 0 radical (unpaired) electrons. The number of nitrogens with zero attached hydrogens (tertiary/aromatic N) is 2. The predicted octanol–water partition coefficient (Wildman–Crippen LogP) is 3.38. The Morgan fingerprint density at radius 3 is 2.80 bits per heavy atom. The van der Waals surface area contributed by atoms with Crippen LogP contribution in [0, 0.1) is 6.92 Å². The lowest BCUT2D eigenvalue weighted by atomic mass is 10.2. The molecule has 1 heterocycles. The van der Waals surface area contributed by atoms with Gasteiger partial charge in [0.2, 0.25) is 0 Å². The zero-order valence-electron chi connectivity index (χ0n) is 12.2. The lowest BCUT2D eigenvalue weighted by molar-refractivity contribution is 0.312. The smallest absolute Gasteiger partial charge is 0.321 e. The van der Waals surface area contributed by atoms with E-state index < -0.39 is 0 Å². The van der Waals surface area contributed by atoms with Gasteiger partial charge < -0.3 is 14.6 Å². The van der Waals surface area contributed by atoms with Crippen LogP contribution < -0.4 is 10.1 Å². The molecule has 0 aliphatic heterocycles. The Kier molecular flexibility index (Phi) is 4.98. The number of hydrogen-bond acceptors (Lipinski definition) is 5. The second-order valence-electron chi connectivity index (χ2n) is 5.01. The van der Waals surface area contributed by atoms with E-state index in [-0.39, 0.29) is 5.92 Å². The van der Waals surface area contributed by atoms with Gasteiger partial charge in [0, 0.05) is 12.5 Å². The minimum absolute atomic E-state index is 0.277. The van der Waals surface area contributed by atoms with Gasteiger partial charge in [-0.15, -0.1) is 0 Å². The van der Waals surface area contributed by atoms with E-state index in [4.69, 9.17) is 9.26 Å². The average Bonchev–Trinajstić information content (AvgIpc) is 2.89. The highest BCUT2D eigenvalue weighted by Gasteiger charge is 2.08. The van der Waals surface area contributed by atoms with Crippen LogP contribution in [0.15, 0.2) is 28.8 Å². The number of aryl methyl sites for hydroxylation is 1. The predicted molar refractivity (Wildman–Crippen MR) is 78.2 cm³/mol. The highest BCUT2D eigenvalue weighted by molar-refractivity contribution is 5.31. The Morgan fingerprint density at radius 1 is 1.30 bits per heavy atom. The number of rotatable bonds is 7. The average molecular weight is 275 g/mol. The molecule has 0 spiro atoms. The normalized spacial score (nSPS) is 10.8. The van der Waals surface area contributed by atoms with Crippen molar-refractivity contribution < 1.29 is 9.26 Å². The number of hydrogen-bond donors (Lipinski definition) is 1. The Balaban J connectivity index is 1.68. The van der Waals surface area contributed by atoms with Crippen molar-refractivity contribution in [3.8, 4) is 5.75 Å².